The molecule has 0 aliphatic carbocycles. The highest BCUT2D eigenvalue weighted by Gasteiger charge is 2.18. The maximum absolute atomic E-state index is 9.48. The van der Waals surface area contributed by atoms with Crippen LogP contribution in [0.3, 0.4) is 0 Å². The Morgan fingerprint density at radius 2 is 2.29 bits per heavy atom. The average molecular weight is 212 g/mol. The van der Waals surface area contributed by atoms with Crippen LogP contribution in [0.15, 0.2) is 18.2 Å². The molecule has 3 heteroatoms. The summed E-state index contributed by atoms with van der Waals surface area (Å²) in [5.41, 5.74) is 1.07. The molecule has 1 heterocycles. The average Bonchev–Trinajstić information content (AvgIpc) is 2.23. The number of piperidine rings is 1. The number of aromatic hydroxyl groups is 1. The zero-order valence-corrected chi connectivity index (χ0v) is 8.72. The molecule has 0 aromatic heterocycles. The third-order valence-electron chi connectivity index (χ3n) is 2.74. The normalized spacial score (nSPS) is 22.2. The molecule has 1 aromatic carbocycles. The Hall–Kier alpha value is -0.730. The van der Waals surface area contributed by atoms with Gasteiger partial charge in [-0.3, -0.25) is 0 Å². The van der Waals surface area contributed by atoms with Crippen LogP contribution >= 0.6 is 11.6 Å². The molecule has 1 aliphatic rings. The lowest BCUT2D eigenvalue weighted by Crippen LogP contribution is -2.28. The van der Waals surface area contributed by atoms with Gasteiger partial charge >= 0.3 is 0 Å². The molecule has 0 saturated carbocycles. The van der Waals surface area contributed by atoms with Crippen molar-refractivity contribution in [3.8, 4) is 5.75 Å². The summed E-state index contributed by atoms with van der Waals surface area (Å²) in [6.45, 7) is 2.05. The fourth-order valence-electron chi connectivity index (χ4n) is 1.97. The second kappa shape index (κ2) is 4.20. The Balaban J connectivity index is 2.26. The highest BCUT2D eigenvalue weighted by molar-refractivity contribution is 6.32. The first-order valence-electron chi connectivity index (χ1n) is 4.97. The van der Waals surface area contributed by atoms with Crippen molar-refractivity contribution >= 4 is 11.6 Å². The lowest BCUT2D eigenvalue weighted by Gasteiger charge is -2.24. The molecule has 0 radical (unpaired) electrons. The first-order valence-corrected chi connectivity index (χ1v) is 5.35. The van der Waals surface area contributed by atoms with Crippen LogP contribution in [0, 0.1) is 0 Å². The molecule has 2 N–H and O–H groups in total. The first-order chi connectivity index (χ1) is 6.79. The van der Waals surface area contributed by atoms with Gasteiger partial charge in [-0.05, 0) is 36.9 Å². The second-order valence-electron chi connectivity index (χ2n) is 3.72. The predicted octanol–water partition coefficient (Wildman–Crippen LogP) is 2.51. The molecular formula is C11H14ClNO. The van der Waals surface area contributed by atoms with Gasteiger partial charge in [-0.1, -0.05) is 23.7 Å². The summed E-state index contributed by atoms with van der Waals surface area (Å²) >= 11 is 6.05. The standard InChI is InChI=1S/C11H14ClNO/c12-11-9(4-1-5-10(11)14)8-3-2-6-13-7-8/h1,4-5,8,13-14H,2-3,6-7H2. The van der Waals surface area contributed by atoms with Gasteiger partial charge in [0.2, 0.25) is 0 Å². The molecule has 0 amide bonds. The van der Waals surface area contributed by atoms with Gasteiger partial charge in [0, 0.05) is 6.54 Å². The van der Waals surface area contributed by atoms with Gasteiger partial charge < -0.3 is 10.4 Å². The van der Waals surface area contributed by atoms with Crippen molar-refractivity contribution in [3.63, 3.8) is 0 Å². The largest absolute Gasteiger partial charge is 0.506 e. The first kappa shape index (κ1) is 9.81. The maximum atomic E-state index is 9.48. The van der Waals surface area contributed by atoms with Crippen molar-refractivity contribution in [2.24, 2.45) is 0 Å². The molecule has 1 aromatic rings. The number of hydrogen-bond donors (Lipinski definition) is 2. The van der Waals surface area contributed by atoms with Crippen LogP contribution in [-0.2, 0) is 0 Å². The lowest BCUT2D eigenvalue weighted by molar-refractivity contribution is 0.453. The zero-order chi connectivity index (χ0) is 9.97. The molecule has 14 heavy (non-hydrogen) atoms. The van der Waals surface area contributed by atoms with E-state index in [1.54, 1.807) is 6.07 Å². The molecular weight excluding hydrogens is 198 g/mol. The molecule has 1 unspecified atom stereocenters. The van der Waals surface area contributed by atoms with E-state index in [4.69, 9.17) is 11.6 Å². The smallest absolute Gasteiger partial charge is 0.134 e. The monoisotopic (exact) mass is 211 g/mol. The SMILES string of the molecule is Oc1cccc(C2CCCNC2)c1Cl. The minimum Gasteiger partial charge on any atom is -0.506 e. The Kier molecular flexibility index (Phi) is 2.94. The molecule has 2 nitrogen and oxygen atoms in total. The summed E-state index contributed by atoms with van der Waals surface area (Å²) in [6, 6.07) is 5.48. The number of hydrogen-bond acceptors (Lipinski definition) is 2. The third-order valence-corrected chi connectivity index (χ3v) is 3.16. The number of benzene rings is 1. The fraction of sp³-hybridized carbons (Fsp3) is 0.455. The molecule has 1 aliphatic heterocycles. The van der Waals surface area contributed by atoms with Crippen LogP contribution < -0.4 is 5.32 Å². The van der Waals surface area contributed by atoms with E-state index in [1.807, 2.05) is 12.1 Å². The molecule has 76 valence electrons. The highest BCUT2D eigenvalue weighted by atomic mass is 35.5. The Labute approximate surface area is 88.9 Å². The summed E-state index contributed by atoms with van der Waals surface area (Å²) in [5.74, 6) is 0.637. The van der Waals surface area contributed by atoms with Gasteiger partial charge in [-0.25, -0.2) is 0 Å². The summed E-state index contributed by atoms with van der Waals surface area (Å²) < 4.78 is 0. The van der Waals surface area contributed by atoms with E-state index in [2.05, 4.69) is 5.32 Å². The van der Waals surface area contributed by atoms with Gasteiger partial charge in [0.25, 0.3) is 0 Å². The van der Waals surface area contributed by atoms with Crippen LogP contribution in [0.1, 0.15) is 24.3 Å². The van der Waals surface area contributed by atoms with Gasteiger partial charge in [0.15, 0.2) is 0 Å². The third kappa shape index (κ3) is 1.86. The number of phenols is 1. The van der Waals surface area contributed by atoms with Crippen molar-refractivity contribution in [1.82, 2.24) is 5.32 Å². The minimum absolute atomic E-state index is 0.190. The molecule has 1 saturated heterocycles. The Morgan fingerprint density at radius 1 is 1.43 bits per heavy atom. The zero-order valence-electron chi connectivity index (χ0n) is 7.96. The van der Waals surface area contributed by atoms with Crippen LogP contribution in [0.2, 0.25) is 5.02 Å². The minimum atomic E-state index is 0.190. The van der Waals surface area contributed by atoms with E-state index < -0.39 is 0 Å². The molecule has 2 rings (SSSR count). The fourth-order valence-corrected chi connectivity index (χ4v) is 2.25. The van der Waals surface area contributed by atoms with E-state index in [0.717, 1.165) is 25.1 Å². The van der Waals surface area contributed by atoms with Crippen molar-refractivity contribution < 1.29 is 5.11 Å². The number of nitrogens with one attached hydrogen (secondary N) is 1. The maximum Gasteiger partial charge on any atom is 0.134 e. The van der Waals surface area contributed by atoms with Crippen molar-refractivity contribution in [1.29, 1.82) is 0 Å². The predicted molar refractivity (Wildman–Crippen MR) is 58.0 cm³/mol. The van der Waals surface area contributed by atoms with E-state index in [1.165, 1.54) is 6.42 Å². The summed E-state index contributed by atoms with van der Waals surface area (Å²) in [5, 5.41) is 13.3. The van der Waals surface area contributed by atoms with Crippen molar-refractivity contribution in [3.05, 3.63) is 28.8 Å². The van der Waals surface area contributed by atoms with Gasteiger partial charge in [0.05, 0.1) is 5.02 Å². The van der Waals surface area contributed by atoms with E-state index >= 15 is 0 Å². The topological polar surface area (TPSA) is 32.3 Å². The lowest BCUT2D eigenvalue weighted by atomic mass is 9.91. The quantitative estimate of drug-likeness (QED) is 0.748. The van der Waals surface area contributed by atoms with E-state index in [9.17, 15) is 5.11 Å². The Morgan fingerprint density at radius 3 is 3.00 bits per heavy atom. The number of halogens is 1. The van der Waals surface area contributed by atoms with Crippen LogP contribution in [-0.4, -0.2) is 18.2 Å². The van der Waals surface area contributed by atoms with Gasteiger partial charge in [0.1, 0.15) is 5.75 Å². The second-order valence-corrected chi connectivity index (χ2v) is 4.10. The van der Waals surface area contributed by atoms with Crippen molar-refractivity contribution in [2.45, 2.75) is 18.8 Å². The van der Waals surface area contributed by atoms with Gasteiger partial charge in [-0.2, -0.15) is 0 Å². The number of rotatable bonds is 1. The molecule has 0 bridgehead atoms. The van der Waals surface area contributed by atoms with E-state index in [-0.39, 0.29) is 5.75 Å². The van der Waals surface area contributed by atoms with Crippen molar-refractivity contribution in [2.75, 3.05) is 13.1 Å². The van der Waals surface area contributed by atoms with Crippen LogP contribution in [0.25, 0.3) is 0 Å². The highest BCUT2D eigenvalue weighted by Crippen LogP contribution is 2.34. The van der Waals surface area contributed by atoms with Gasteiger partial charge in [-0.15, -0.1) is 0 Å². The Bertz CT molecular complexity index is 321. The number of phenolic OH excluding ortho intramolecular Hbond substituents is 1. The summed E-state index contributed by atoms with van der Waals surface area (Å²) in [6.07, 6.45) is 2.33. The van der Waals surface area contributed by atoms with Crippen LogP contribution in [0.5, 0.6) is 5.75 Å². The molecule has 1 fully saturated rings. The van der Waals surface area contributed by atoms with Crippen LogP contribution in [0.4, 0.5) is 0 Å². The van der Waals surface area contributed by atoms with E-state index in [0.29, 0.717) is 10.9 Å². The molecule has 1 atom stereocenters. The summed E-state index contributed by atoms with van der Waals surface area (Å²) in [4.78, 5) is 0. The summed E-state index contributed by atoms with van der Waals surface area (Å²) in [7, 11) is 0. The molecule has 0 spiro atoms.